The predicted octanol–water partition coefficient (Wildman–Crippen LogP) is 2.02. The predicted molar refractivity (Wildman–Crippen MR) is 77.5 cm³/mol. The van der Waals surface area contributed by atoms with Crippen molar-refractivity contribution in [2.75, 3.05) is 25.5 Å². The van der Waals surface area contributed by atoms with Gasteiger partial charge in [-0.2, -0.15) is 0 Å². The monoisotopic (exact) mass is 274 g/mol. The molecule has 2 aliphatic rings. The summed E-state index contributed by atoms with van der Waals surface area (Å²) >= 11 is 0. The number of rotatable bonds is 3. The molecule has 5 heteroatoms. The van der Waals surface area contributed by atoms with Gasteiger partial charge in [0.1, 0.15) is 5.82 Å². The van der Waals surface area contributed by atoms with Gasteiger partial charge in [-0.1, -0.05) is 6.42 Å². The number of amides is 1. The van der Waals surface area contributed by atoms with E-state index in [0.717, 1.165) is 50.3 Å². The van der Waals surface area contributed by atoms with Crippen LogP contribution in [0.2, 0.25) is 0 Å². The van der Waals surface area contributed by atoms with Gasteiger partial charge in [0.2, 0.25) is 5.91 Å². The van der Waals surface area contributed by atoms with Crippen LogP contribution < -0.4 is 5.32 Å². The number of nitrogens with zero attached hydrogens (tertiary/aromatic N) is 3. The molecule has 0 unspecified atom stereocenters. The Morgan fingerprint density at radius 2 is 1.90 bits per heavy atom. The lowest BCUT2D eigenvalue weighted by Crippen LogP contribution is -2.43. The van der Waals surface area contributed by atoms with Crippen molar-refractivity contribution in [3.05, 3.63) is 18.1 Å². The maximum atomic E-state index is 12.2. The van der Waals surface area contributed by atoms with E-state index in [-0.39, 0.29) is 0 Å². The first-order chi connectivity index (χ1) is 9.79. The first-order valence-corrected chi connectivity index (χ1v) is 7.57. The van der Waals surface area contributed by atoms with E-state index in [1.54, 1.807) is 12.4 Å². The summed E-state index contributed by atoms with van der Waals surface area (Å²) in [5, 5.41) is 3.11. The average Bonchev–Trinajstić information content (AvgIpc) is 2.45. The summed E-state index contributed by atoms with van der Waals surface area (Å²) in [5.74, 6) is 1.98. The van der Waals surface area contributed by atoms with Crippen molar-refractivity contribution < 1.29 is 4.79 Å². The molecule has 0 bridgehead atoms. The second-order valence-electron chi connectivity index (χ2n) is 5.77. The number of piperidine rings is 1. The fraction of sp³-hybridized carbons (Fsp3) is 0.667. The van der Waals surface area contributed by atoms with Crippen LogP contribution >= 0.6 is 0 Å². The Morgan fingerprint density at radius 3 is 2.50 bits per heavy atom. The van der Waals surface area contributed by atoms with Gasteiger partial charge >= 0.3 is 0 Å². The van der Waals surface area contributed by atoms with Crippen molar-refractivity contribution in [2.24, 2.45) is 5.92 Å². The van der Waals surface area contributed by atoms with Crippen LogP contribution in [0, 0.1) is 5.92 Å². The highest BCUT2D eigenvalue weighted by molar-refractivity contribution is 5.79. The first-order valence-electron chi connectivity index (χ1n) is 7.57. The molecule has 1 amide bonds. The molecule has 1 aromatic rings. The van der Waals surface area contributed by atoms with E-state index in [1.165, 1.54) is 6.42 Å². The van der Waals surface area contributed by atoms with E-state index in [0.29, 0.717) is 17.7 Å². The largest absolute Gasteiger partial charge is 0.372 e. The molecule has 2 heterocycles. The minimum absolute atomic E-state index is 0.316. The summed E-state index contributed by atoms with van der Waals surface area (Å²) in [6.07, 6.45) is 8.85. The summed E-state index contributed by atoms with van der Waals surface area (Å²) in [5.41, 5.74) is 1.05. The van der Waals surface area contributed by atoms with Crippen molar-refractivity contribution in [1.82, 2.24) is 14.9 Å². The second kappa shape index (κ2) is 5.77. The summed E-state index contributed by atoms with van der Waals surface area (Å²) < 4.78 is 0. The Hall–Kier alpha value is -1.65. The molecule has 1 aliphatic heterocycles. The van der Waals surface area contributed by atoms with Crippen LogP contribution in [0.5, 0.6) is 0 Å². The number of carbonyl (C=O) groups is 1. The van der Waals surface area contributed by atoms with Crippen LogP contribution in [0.4, 0.5) is 5.82 Å². The summed E-state index contributed by atoms with van der Waals surface area (Å²) in [6.45, 7) is 1.72. The molecule has 0 spiro atoms. The van der Waals surface area contributed by atoms with Gasteiger partial charge in [0.05, 0.1) is 5.69 Å². The SMILES string of the molecule is CNc1nccnc1C1CCN(C(=O)C2CCC2)CC1. The third kappa shape index (κ3) is 2.49. The quantitative estimate of drug-likeness (QED) is 0.916. The van der Waals surface area contributed by atoms with E-state index >= 15 is 0 Å². The van der Waals surface area contributed by atoms with Gasteiger partial charge in [-0.3, -0.25) is 9.78 Å². The van der Waals surface area contributed by atoms with Gasteiger partial charge in [0, 0.05) is 44.4 Å². The maximum absolute atomic E-state index is 12.2. The van der Waals surface area contributed by atoms with E-state index in [9.17, 15) is 4.79 Å². The molecule has 3 rings (SSSR count). The van der Waals surface area contributed by atoms with Crippen LogP contribution in [-0.2, 0) is 4.79 Å². The average molecular weight is 274 g/mol. The molecule has 1 N–H and O–H groups in total. The molecule has 0 aromatic carbocycles. The molecular formula is C15H22N4O. The Bertz CT molecular complexity index is 479. The van der Waals surface area contributed by atoms with Crippen molar-refractivity contribution in [3.8, 4) is 0 Å². The van der Waals surface area contributed by atoms with Gasteiger partial charge in [-0.05, 0) is 25.7 Å². The molecule has 1 aromatic heterocycles. The van der Waals surface area contributed by atoms with Crippen LogP contribution in [0.15, 0.2) is 12.4 Å². The topological polar surface area (TPSA) is 58.1 Å². The fourth-order valence-electron chi connectivity index (χ4n) is 3.13. The molecule has 1 saturated heterocycles. The maximum Gasteiger partial charge on any atom is 0.225 e. The molecule has 0 atom stereocenters. The van der Waals surface area contributed by atoms with E-state index in [4.69, 9.17) is 0 Å². The van der Waals surface area contributed by atoms with E-state index < -0.39 is 0 Å². The van der Waals surface area contributed by atoms with Crippen molar-refractivity contribution in [2.45, 2.75) is 38.0 Å². The molecule has 108 valence electrons. The van der Waals surface area contributed by atoms with Crippen LogP contribution in [0.25, 0.3) is 0 Å². The number of hydrogen-bond donors (Lipinski definition) is 1. The second-order valence-corrected chi connectivity index (χ2v) is 5.77. The lowest BCUT2D eigenvalue weighted by Gasteiger charge is -2.36. The lowest BCUT2D eigenvalue weighted by atomic mass is 9.83. The Balaban J connectivity index is 1.62. The summed E-state index contributed by atoms with van der Waals surface area (Å²) in [7, 11) is 1.88. The fourth-order valence-corrected chi connectivity index (χ4v) is 3.13. The van der Waals surface area contributed by atoms with Crippen LogP contribution in [0.3, 0.4) is 0 Å². The Kier molecular flexibility index (Phi) is 3.85. The van der Waals surface area contributed by atoms with Gasteiger partial charge in [0.15, 0.2) is 0 Å². The molecule has 20 heavy (non-hydrogen) atoms. The van der Waals surface area contributed by atoms with Gasteiger partial charge in [-0.25, -0.2) is 4.98 Å². The van der Waals surface area contributed by atoms with Crippen molar-refractivity contribution >= 4 is 11.7 Å². The highest BCUT2D eigenvalue weighted by Gasteiger charge is 2.32. The summed E-state index contributed by atoms with van der Waals surface area (Å²) in [4.78, 5) is 23.1. The van der Waals surface area contributed by atoms with E-state index in [2.05, 4.69) is 20.2 Å². The number of hydrogen-bond acceptors (Lipinski definition) is 4. The number of likely N-dealkylation sites (tertiary alicyclic amines) is 1. The zero-order valence-corrected chi connectivity index (χ0v) is 12.0. The number of anilines is 1. The molecule has 1 aliphatic carbocycles. The van der Waals surface area contributed by atoms with Crippen LogP contribution in [0.1, 0.15) is 43.7 Å². The van der Waals surface area contributed by atoms with Crippen LogP contribution in [-0.4, -0.2) is 40.9 Å². The Morgan fingerprint density at radius 1 is 1.20 bits per heavy atom. The van der Waals surface area contributed by atoms with Crippen molar-refractivity contribution in [3.63, 3.8) is 0 Å². The summed E-state index contributed by atoms with van der Waals surface area (Å²) in [6, 6.07) is 0. The number of carbonyl (C=O) groups excluding carboxylic acids is 1. The normalized spacial score (nSPS) is 20.6. The molecular weight excluding hydrogens is 252 g/mol. The first kappa shape index (κ1) is 13.3. The number of aromatic nitrogens is 2. The zero-order chi connectivity index (χ0) is 13.9. The molecule has 1 saturated carbocycles. The smallest absolute Gasteiger partial charge is 0.225 e. The molecule has 2 fully saturated rings. The highest BCUT2D eigenvalue weighted by Crippen LogP contribution is 2.33. The van der Waals surface area contributed by atoms with Gasteiger partial charge in [0.25, 0.3) is 0 Å². The molecule has 5 nitrogen and oxygen atoms in total. The Labute approximate surface area is 119 Å². The minimum Gasteiger partial charge on any atom is -0.372 e. The minimum atomic E-state index is 0.316. The van der Waals surface area contributed by atoms with Gasteiger partial charge in [-0.15, -0.1) is 0 Å². The third-order valence-corrected chi connectivity index (χ3v) is 4.61. The van der Waals surface area contributed by atoms with Gasteiger partial charge < -0.3 is 10.2 Å². The standard InChI is InChI=1S/C15H22N4O/c1-16-14-13(17-7-8-18-14)11-5-9-19(10-6-11)15(20)12-3-2-4-12/h7-8,11-12H,2-6,9-10H2,1H3,(H,16,18). The molecule has 0 radical (unpaired) electrons. The highest BCUT2D eigenvalue weighted by atomic mass is 16.2. The third-order valence-electron chi connectivity index (χ3n) is 4.61. The van der Waals surface area contributed by atoms with E-state index in [1.807, 2.05) is 7.05 Å². The zero-order valence-electron chi connectivity index (χ0n) is 12.0. The van der Waals surface area contributed by atoms with Crippen molar-refractivity contribution in [1.29, 1.82) is 0 Å². The lowest BCUT2D eigenvalue weighted by molar-refractivity contribution is -0.139. The number of nitrogens with one attached hydrogen (secondary N) is 1.